The monoisotopic (exact) mass is 849 g/mol. The molecule has 2 heterocycles. The summed E-state index contributed by atoms with van der Waals surface area (Å²) in [5.74, 6) is -0.393. The topological polar surface area (TPSA) is 122 Å². The fraction of sp³-hybridized carbons (Fsp3) is 0.529. The molecule has 0 bridgehead atoms. The Morgan fingerprint density at radius 3 is 2.50 bits per heavy atom. The molecular weight excluding hydrogens is 783 g/mol. The molecule has 7 rings (SSSR count). The standard InChI is InChI=1S/C51H67N3O8/c1-6-8-30-59-49(57)54(35-38-19-15-18-36-16-9-10-20-40(36)38)46-34-44(52-62-50(3,4)5)42-32-37(17-11-13-27-55)41(21-12-14-28-56)47-43-33-39(58-31-26-53-24-25-53)22-23-45(43)61-51(46,48(42)47)60-29-7-2/h6-7,9-10,15-16,18-20,22-23,32-33,37,41,46-48,55-56H,1-2,8,11-14,17,21,24-31,34-35H2,3-5H3/t37-,41+,46-,47+,48+,51+/m0/s1. The van der Waals surface area contributed by atoms with E-state index in [1.807, 2.05) is 51.1 Å². The number of allylic oxidation sites excluding steroid dienone is 1. The Morgan fingerprint density at radius 2 is 1.76 bits per heavy atom. The zero-order chi connectivity index (χ0) is 43.7. The molecule has 1 saturated heterocycles. The third kappa shape index (κ3) is 10.4. The van der Waals surface area contributed by atoms with E-state index in [9.17, 15) is 15.0 Å². The van der Waals surface area contributed by atoms with Crippen LogP contribution in [0.2, 0.25) is 0 Å². The van der Waals surface area contributed by atoms with Gasteiger partial charge in [0.15, 0.2) is 0 Å². The number of fused-ring (bicyclic) bond motifs is 3. The SMILES string of the molecule is C=CCCOC(=O)N(Cc1cccc2ccccc12)[C@H]1CC(=NOC(C)(C)C)C2=C[C@H](CCCCO)[C@@H](CCCCO)[C@@H]3c4cc(OCCN5CC5)ccc4O[C@@]1(OCC=C)[C@H]23. The minimum absolute atomic E-state index is 0.0887. The summed E-state index contributed by atoms with van der Waals surface area (Å²) < 4.78 is 27.2. The maximum absolute atomic E-state index is 14.9. The summed E-state index contributed by atoms with van der Waals surface area (Å²) in [7, 11) is 0. The number of ether oxygens (including phenoxy) is 4. The molecule has 3 aromatic rings. The zero-order valence-corrected chi connectivity index (χ0v) is 37.0. The quantitative estimate of drug-likeness (QED) is 0.0441. The third-order valence-corrected chi connectivity index (χ3v) is 12.7. The lowest BCUT2D eigenvalue weighted by molar-refractivity contribution is -0.256. The molecule has 0 radical (unpaired) electrons. The highest BCUT2D eigenvalue weighted by Gasteiger charge is 2.65. The normalized spacial score (nSPS) is 24.6. The minimum Gasteiger partial charge on any atom is -0.492 e. The molecular formula is C51H67N3O8. The lowest BCUT2D eigenvalue weighted by Gasteiger charge is -2.60. The van der Waals surface area contributed by atoms with E-state index in [4.69, 9.17) is 28.9 Å². The number of nitrogens with zero attached hydrogens (tertiary/aromatic N) is 3. The van der Waals surface area contributed by atoms with Crippen LogP contribution in [0, 0.1) is 17.8 Å². The van der Waals surface area contributed by atoms with Crippen molar-refractivity contribution in [2.75, 3.05) is 52.7 Å². The van der Waals surface area contributed by atoms with Crippen molar-refractivity contribution in [3.8, 4) is 11.5 Å². The Balaban J connectivity index is 1.45. The molecule has 2 aliphatic heterocycles. The number of unbranched alkanes of at least 4 members (excludes halogenated alkanes) is 2. The fourth-order valence-corrected chi connectivity index (χ4v) is 9.75. The van der Waals surface area contributed by atoms with Crippen molar-refractivity contribution in [1.82, 2.24) is 9.80 Å². The summed E-state index contributed by atoms with van der Waals surface area (Å²) in [6.07, 6.45) is 10.9. The molecule has 0 unspecified atom stereocenters. The van der Waals surface area contributed by atoms with Gasteiger partial charge < -0.3 is 34.0 Å². The highest BCUT2D eigenvalue weighted by Crippen LogP contribution is 2.62. The number of amides is 1. The maximum atomic E-state index is 14.9. The Hall–Kier alpha value is -4.68. The Kier molecular flexibility index (Phi) is 15.1. The van der Waals surface area contributed by atoms with Gasteiger partial charge in [-0.2, -0.15) is 0 Å². The van der Waals surface area contributed by atoms with E-state index in [-0.39, 0.29) is 57.1 Å². The molecule has 2 aliphatic carbocycles. The van der Waals surface area contributed by atoms with Crippen LogP contribution in [0.4, 0.5) is 4.79 Å². The van der Waals surface area contributed by atoms with Gasteiger partial charge >= 0.3 is 6.09 Å². The van der Waals surface area contributed by atoms with Crippen molar-refractivity contribution in [3.05, 3.63) is 109 Å². The lowest BCUT2D eigenvalue weighted by atomic mass is 9.55. The number of hydrogen-bond acceptors (Lipinski definition) is 10. The molecule has 1 amide bonds. The van der Waals surface area contributed by atoms with Crippen LogP contribution in [-0.4, -0.2) is 102 Å². The second-order valence-electron chi connectivity index (χ2n) is 18.1. The van der Waals surface area contributed by atoms with Crippen molar-refractivity contribution >= 4 is 22.6 Å². The van der Waals surface area contributed by atoms with Crippen LogP contribution in [0.5, 0.6) is 11.5 Å². The number of carbonyl (C=O) groups is 1. The zero-order valence-electron chi connectivity index (χ0n) is 37.0. The fourth-order valence-electron chi connectivity index (χ4n) is 9.75. The average Bonchev–Trinajstić information content (AvgIpc) is 4.10. The Bertz CT molecular complexity index is 2070. The van der Waals surface area contributed by atoms with Gasteiger partial charge in [0.25, 0.3) is 0 Å². The highest BCUT2D eigenvalue weighted by atomic mass is 16.7. The van der Waals surface area contributed by atoms with Gasteiger partial charge in [0.05, 0.1) is 31.4 Å². The summed E-state index contributed by atoms with van der Waals surface area (Å²) in [5, 5.41) is 27.0. The molecule has 11 heteroatoms. The molecule has 11 nitrogen and oxygen atoms in total. The number of rotatable bonds is 22. The molecule has 1 saturated carbocycles. The summed E-state index contributed by atoms with van der Waals surface area (Å²) in [4.78, 5) is 25.3. The van der Waals surface area contributed by atoms with E-state index < -0.39 is 29.4 Å². The van der Waals surface area contributed by atoms with E-state index in [1.165, 1.54) is 0 Å². The molecule has 334 valence electrons. The molecule has 2 fully saturated rings. The molecule has 2 N–H and O–H groups in total. The van der Waals surface area contributed by atoms with Crippen LogP contribution in [0.15, 0.2) is 103 Å². The van der Waals surface area contributed by atoms with Gasteiger partial charge in [0, 0.05) is 50.8 Å². The summed E-state index contributed by atoms with van der Waals surface area (Å²) in [6.45, 7) is 18.3. The third-order valence-electron chi connectivity index (χ3n) is 12.7. The van der Waals surface area contributed by atoms with E-state index >= 15 is 0 Å². The molecule has 0 spiro atoms. The second kappa shape index (κ2) is 20.7. The van der Waals surface area contributed by atoms with Gasteiger partial charge in [-0.25, -0.2) is 4.79 Å². The number of carbonyl (C=O) groups excluding carboxylic acids is 1. The predicted molar refractivity (Wildman–Crippen MR) is 243 cm³/mol. The van der Waals surface area contributed by atoms with Crippen LogP contribution in [0.3, 0.4) is 0 Å². The average molecular weight is 850 g/mol. The van der Waals surface area contributed by atoms with E-state index in [0.717, 1.165) is 84.3 Å². The van der Waals surface area contributed by atoms with Gasteiger partial charge in [-0.15, -0.1) is 13.2 Å². The first-order valence-electron chi connectivity index (χ1n) is 22.7. The number of hydrogen-bond donors (Lipinski definition) is 2. The Labute approximate surface area is 368 Å². The number of aliphatic hydroxyl groups excluding tert-OH is 2. The largest absolute Gasteiger partial charge is 0.492 e. The molecule has 0 aromatic heterocycles. The predicted octanol–water partition coefficient (Wildman–Crippen LogP) is 9.18. The number of aliphatic hydroxyl groups is 2. The van der Waals surface area contributed by atoms with Crippen molar-refractivity contribution in [3.63, 3.8) is 0 Å². The van der Waals surface area contributed by atoms with Crippen molar-refractivity contribution < 1.29 is 38.8 Å². The first-order chi connectivity index (χ1) is 30.1. The van der Waals surface area contributed by atoms with Gasteiger partial charge in [-0.05, 0) is 105 Å². The minimum atomic E-state index is -1.42. The molecule has 6 atom stereocenters. The van der Waals surface area contributed by atoms with Gasteiger partial charge in [0.2, 0.25) is 5.79 Å². The van der Waals surface area contributed by atoms with Crippen molar-refractivity contribution in [2.24, 2.45) is 22.9 Å². The molecule has 62 heavy (non-hydrogen) atoms. The summed E-state index contributed by atoms with van der Waals surface area (Å²) >= 11 is 0. The first kappa shape index (κ1) is 45.3. The van der Waals surface area contributed by atoms with Crippen LogP contribution in [0.25, 0.3) is 10.8 Å². The molecule has 3 aromatic carbocycles. The number of benzene rings is 3. The maximum Gasteiger partial charge on any atom is 0.410 e. The van der Waals surface area contributed by atoms with Crippen LogP contribution >= 0.6 is 0 Å². The van der Waals surface area contributed by atoms with E-state index in [1.54, 1.807) is 17.1 Å². The smallest absolute Gasteiger partial charge is 0.410 e. The Morgan fingerprint density at radius 1 is 0.984 bits per heavy atom. The van der Waals surface area contributed by atoms with Crippen LogP contribution in [-0.2, 0) is 20.9 Å². The van der Waals surface area contributed by atoms with E-state index in [2.05, 4.69) is 54.5 Å². The lowest BCUT2D eigenvalue weighted by Crippen LogP contribution is -2.70. The summed E-state index contributed by atoms with van der Waals surface area (Å²) in [5.41, 5.74) is 3.10. The van der Waals surface area contributed by atoms with Gasteiger partial charge in [-0.3, -0.25) is 9.80 Å². The van der Waals surface area contributed by atoms with Crippen LogP contribution < -0.4 is 9.47 Å². The van der Waals surface area contributed by atoms with Crippen molar-refractivity contribution in [2.45, 2.75) is 102 Å². The number of oxime groups is 1. The van der Waals surface area contributed by atoms with E-state index in [0.29, 0.717) is 31.6 Å². The van der Waals surface area contributed by atoms with Crippen LogP contribution in [0.1, 0.15) is 89.2 Å². The molecule has 4 aliphatic rings. The van der Waals surface area contributed by atoms with Gasteiger partial charge in [0.1, 0.15) is 29.7 Å². The van der Waals surface area contributed by atoms with Gasteiger partial charge in [-0.1, -0.05) is 78.7 Å². The first-order valence-corrected chi connectivity index (χ1v) is 22.7. The summed E-state index contributed by atoms with van der Waals surface area (Å²) in [6, 6.07) is 19.7. The van der Waals surface area contributed by atoms with Crippen molar-refractivity contribution in [1.29, 1.82) is 0 Å². The second-order valence-corrected chi connectivity index (χ2v) is 18.1. The highest BCUT2D eigenvalue weighted by molar-refractivity contribution is 6.03.